The summed E-state index contributed by atoms with van der Waals surface area (Å²) in [5.74, 6) is 1.48. The van der Waals surface area contributed by atoms with Crippen LogP contribution in [-0.2, 0) is 0 Å². The number of hydrogen-bond donors (Lipinski definition) is 2. The molecule has 0 atom stereocenters. The number of hydrogen-bond acceptors (Lipinski definition) is 4. The molecule has 3 rings (SSSR count). The summed E-state index contributed by atoms with van der Waals surface area (Å²) in [5.41, 5.74) is 7.99. The van der Waals surface area contributed by atoms with Gasteiger partial charge in [-0.3, -0.25) is 0 Å². The van der Waals surface area contributed by atoms with Crippen LogP contribution in [0.2, 0.25) is 0 Å². The zero-order valence-corrected chi connectivity index (χ0v) is 11.9. The van der Waals surface area contributed by atoms with Crippen LogP contribution in [0.1, 0.15) is 18.4 Å². The Balaban J connectivity index is 2.04. The summed E-state index contributed by atoms with van der Waals surface area (Å²) < 4.78 is 0. The number of nitrogens with zero attached hydrogens (tertiary/aromatic N) is 2. The van der Waals surface area contributed by atoms with Crippen LogP contribution < -0.4 is 21.6 Å². The lowest BCUT2D eigenvalue weighted by atomic mass is 10.1. The second kappa shape index (κ2) is 5.13. The highest BCUT2D eigenvalue weighted by Crippen LogP contribution is 2.15. The molecule has 2 aromatic rings. The number of halogens is 1. The molecule has 0 unspecified atom stereocenters. The molecule has 102 valence electrons. The third-order valence-electron chi connectivity index (χ3n) is 3.28. The van der Waals surface area contributed by atoms with E-state index in [9.17, 15) is 0 Å². The molecule has 2 aromatic heterocycles. The van der Waals surface area contributed by atoms with E-state index in [1.165, 1.54) is 0 Å². The Morgan fingerprint density at radius 1 is 1.20 bits per heavy atom. The van der Waals surface area contributed by atoms with Gasteiger partial charge in [0.1, 0.15) is 11.6 Å². The van der Waals surface area contributed by atoms with Crippen LogP contribution in [0.5, 0.6) is 0 Å². The summed E-state index contributed by atoms with van der Waals surface area (Å²) in [5, 5.41) is 5.65. The summed E-state index contributed by atoms with van der Waals surface area (Å²) in [6.45, 7) is 2.02. The summed E-state index contributed by atoms with van der Waals surface area (Å²) in [6.07, 6.45) is 3.31. The van der Waals surface area contributed by atoms with E-state index in [-0.39, 0.29) is 0 Å². The van der Waals surface area contributed by atoms with Gasteiger partial charge in [-0.15, -0.1) is 0 Å². The van der Waals surface area contributed by atoms with Gasteiger partial charge < -0.3 is 11.1 Å². The normalized spacial score (nSPS) is 14.1. The molecule has 0 amide bonds. The van der Waals surface area contributed by atoms with E-state index >= 15 is 0 Å². The first kappa shape index (κ1) is 12.9. The number of aryl methyl sites for hydroxylation is 1. The first-order valence-corrected chi connectivity index (χ1v) is 6.85. The highest BCUT2D eigenvalue weighted by molar-refractivity contribution is 6.45. The lowest BCUT2D eigenvalue weighted by Gasteiger charge is -2.11. The number of nitrogens with one attached hydrogen (secondary N) is 1. The first-order chi connectivity index (χ1) is 9.63. The molecule has 0 fully saturated rings. The Labute approximate surface area is 122 Å². The number of anilines is 2. The number of pyridine rings is 2. The van der Waals surface area contributed by atoms with E-state index in [1.54, 1.807) is 6.20 Å². The number of rotatable bonds is 2. The summed E-state index contributed by atoms with van der Waals surface area (Å²) in [7, 11) is 0. The molecular formula is C15H15ClN4. The van der Waals surface area contributed by atoms with E-state index < -0.39 is 0 Å². The first-order valence-electron chi connectivity index (χ1n) is 6.47. The topological polar surface area (TPSA) is 63.8 Å². The van der Waals surface area contributed by atoms with Gasteiger partial charge in [-0.25, -0.2) is 9.97 Å². The second-order valence-corrected chi connectivity index (χ2v) is 5.32. The van der Waals surface area contributed by atoms with E-state index in [0.717, 1.165) is 51.3 Å². The van der Waals surface area contributed by atoms with E-state index in [1.807, 2.05) is 31.2 Å². The average Bonchev–Trinajstić information content (AvgIpc) is 2.43. The molecule has 0 saturated heterocycles. The lowest BCUT2D eigenvalue weighted by molar-refractivity contribution is 1.01. The van der Waals surface area contributed by atoms with Crippen LogP contribution in [0.4, 0.5) is 11.6 Å². The van der Waals surface area contributed by atoms with Crippen molar-refractivity contribution in [3.05, 3.63) is 46.6 Å². The van der Waals surface area contributed by atoms with Gasteiger partial charge >= 0.3 is 0 Å². The molecular weight excluding hydrogens is 272 g/mol. The quantitative estimate of drug-likeness (QED) is 0.883. The molecule has 1 aliphatic rings. The van der Waals surface area contributed by atoms with Gasteiger partial charge in [-0.1, -0.05) is 11.6 Å². The van der Waals surface area contributed by atoms with Gasteiger partial charge in [-0.05, 0) is 49.6 Å². The van der Waals surface area contributed by atoms with Crippen LogP contribution in [0.15, 0.2) is 30.5 Å². The minimum Gasteiger partial charge on any atom is -0.401 e. The maximum Gasteiger partial charge on any atom is 0.132 e. The van der Waals surface area contributed by atoms with Gasteiger partial charge in [0.25, 0.3) is 0 Å². The monoisotopic (exact) mass is 286 g/mol. The molecule has 0 spiro atoms. The molecule has 4 nitrogen and oxygen atoms in total. The van der Waals surface area contributed by atoms with Crippen molar-refractivity contribution < 1.29 is 0 Å². The fourth-order valence-corrected chi connectivity index (χ4v) is 2.47. The van der Waals surface area contributed by atoms with Crippen molar-refractivity contribution in [2.24, 2.45) is 5.73 Å². The summed E-state index contributed by atoms with van der Waals surface area (Å²) in [4.78, 5) is 8.81. The van der Waals surface area contributed by atoms with Crippen molar-refractivity contribution in [1.29, 1.82) is 0 Å². The largest absolute Gasteiger partial charge is 0.401 e. The molecule has 2 heterocycles. The van der Waals surface area contributed by atoms with Gasteiger partial charge in [0.05, 0.1) is 5.35 Å². The number of aromatic nitrogens is 2. The highest BCUT2D eigenvalue weighted by atomic mass is 35.5. The Morgan fingerprint density at radius 3 is 2.85 bits per heavy atom. The summed E-state index contributed by atoms with van der Waals surface area (Å²) in [6, 6.07) is 7.77. The van der Waals surface area contributed by atoms with Crippen molar-refractivity contribution in [3.63, 3.8) is 0 Å². The van der Waals surface area contributed by atoms with Crippen LogP contribution in [0.3, 0.4) is 0 Å². The van der Waals surface area contributed by atoms with Gasteiger partial charge in [0.15, 0.2) is 0 Å². The van der Waals surface area contributed by atoms with Crippen LogP contribution >= 0.6 is 11.6 Å². The van der Waals surface area contributed by atoms with Gasteiger partial charge in [0.2, 0.25) is 0 Å². The number of fused-ring (bicyclic) bond motifs is 1. The lowest BCUT2D eigenvalue weighted by Crippen LogP contribution is -2.36. The minimum absolute atomic E-state index is 0.717. The molecule has 5 heteroatoms. The zero-order chi connectivity index (χ0) is 14.1. The third-order valence-corrected chi connectivity index (χ3v) is 3.65. The Bertz CT molecular complexity index is 783. The van der Waals surface area contributed by atoms with Crippen molar-refractivity contribution in [2.75, 3.05) is 5.32 Å². The highest BCUT2D eigenvalue weighted by Gasteiger charge is 2.09. The van der Waals surface area contributed by atoms with Crippen molar-refractivity contribution in [1.82, 2.24) is 9.97 Å². The second-order valence-electron chi connectivity index (χ2n) is 4.87. The van der Waals surface area contributed by atoms with Crippen molar-refractivity contribution in [2.45, 2.75) is 19.8 Å². The van der Waals surface area contributed by atoms with Crippen LogP contribution in [0, 0.1) is 6.92 Å². The van der Waals surface area contributed by atoms with E-state index in [0.29, 0.717) is 0 Å². The molecule has 20 heavy (non-hydrogen) atoms. The number of nitrogens with two attached hydrogens (primary N) is 1. The molecule has 0 aromatic carbocycles. The van der Waals surface area contributed by atoms with Gasteiger partial charge in [-0.2, -0.15) is 0 Å². The SMILES string of the molecule is Cc1ccnc(Nc2ccc3c(n2)=C(Cl)CCC=3N)c1. The Hall–Kier alpha value is -2.07. The molecule has 0 bridgehead atoms. The fourth-order valence-electron chi connectivity index (χ4n) is 2.23. The molecule has 0 aliphatic heterocycles. The Kier molecular flexibility index (Phi) is 3.32. The van der Waals surface area contributed by atoms with E-state index in [2.05, 4.69) is 15.3 Å². The zero-order valence-electron chi connectivity index (χ0n) is 11.2. The van der Waals surface area contributed by atoms with E-state index in [4.69, 9.17) is 17.3 Å². The van der Waals surface area contributed by atoms with Crippen molar-refractivity contribution in [3.8, 4) is 0 Å². The van der Waals surface area contributed by atoms with Gasteiger partial charge in [0, 0.05) is 22.1 Å². The Morgan fingerprint density at radius 2 is 2.05 bits per heavy atom. The van der Waals surface area contributed by atoms with Crippen molar-refractivity contribution >= 4 is 34.0 Å². The molecule has 0 radical (unpaired) electrons. The maximum absolute atomic E-state index is 6.25. The molecule has 1 aliphatic carbocycles. The predicted octanol–water partition coefficient (Wildman–Crippen LogP) is 1.74. The third kappa shape index (κ3) is 2.47. The van der Waals surface area contributed by atoms with Crippen LogP contribution in [0.25, 0.3) is 10.7 Å². The molecule has 0 saturated carbocycles. The average molecular weight is 287 g/mol. The standard InChI is InChI=1S/C15H15ClN4/c1-9-6-7-18-14(8-9)19-13-5-2-10-12(17)4-3-11(16)15(10)20-13/h2,5-8H,3-4,17H2,1H3,(H,18,19,20). The minimum atomic E-state index is 0.717. The smallest absolute Gasteiger partial charge is 0.132 e. The van der Waals surface area contributed by atoms with Crippen LogP contribution in [-0.4, -0.2) is 9.97 Å². The maximum atomic E-state index is 6.25. The predicted molar refractivity (Wildman–Crippen MR) is 81.8 cm³/mol. The summed E-state index contributed by atoms with van der Waals surface area (Å²) >= 11 is 6.25. The molecule has 3 N–H and O–H groups in total. The fraction of sp³-hybridized carbons (Fsp3) is 0.200.